The number of sulfone groups is 1. The van der Waals surface area contributed by atoms with E-state index in [-0.39, 0.29) is 22.8 Å². The summed E-state index contributed by atoms with van der Waals surface area (Å²) in [6.07, 6.45) is 3.17. The number of hydrogen-bond acceptors (Lipinski definition) is 4. The fraction of sp³-hybridized carbons (Fsp3) is 0.533. The van der Waals surface area contributed by atoms with E-state index in [1.54, 1.807) is 31.2 Å². The van der Waals surface area contributed by atoms with E-state index >= 15 is 0 Å². The van der Waals surface area contributed by atoms with E-state index in [0.717, 1.165) is 18.4 Å². The summed E-state index contributed by atoms with van der Waals surface area (Å²) in [5.74, 6) is 0.0991. The van der Waals surface area contributed by atoms with Crippen LogP contribution >= 0.6 is 0 Å². The molecule has 2 unspecified atom stereocenters. The number of amides is 1. The standard InChI is InChI=1S/C15H22N2O3S/c1-10(17-14(18)15(2,16)12-6-7-12)11-4-8-13(9-5-11)21(3,19)20/h4-5,8-10,12H,6-7,16H2,1-3H3,(H,17,18). The van der Waals surface area contributed by atoms with Crippen molar-refractivity contribution < 1.29 is 13.2 Å². The van der Waals surface area contributed by atoms with Crippen LogP contribution in [0.2, 0.25) is 0 Å². The molecule has 2 atom stereocenters. The van der Waals surface area contributed by atoms with Gasteiger partial charge < -0.3 is 11.1 Å². The molecular weight excluding hydrogens is 288 g/mol. The van der Waals surface area contributed by atoms with Gasteiger partial charge in [0.15, 0.2) is 9.84 Å². The Bertz CT molecular complexity index is 631. The van der Waals surface area contributed by atoms with Crippen molar-refractivity contribution in [1.29, 1.82) is 0 Å². The zero-order chi connectivity index (χ0) is 15.8. The third-order valence-corrected chi connectivity index (χ3v) is 5.20. The molecule has 0 saturated heterocycles. The first-order valence-corrected chi connectivity index (χ1v) is 8.91. The number of carbonyl (C=O) groups excluding carboxylic acids is 1. The molecule has 2 rings (SSSR count). The third-order valence-electron chi connectivity index (χ3n) is 4.07. The van der Waals surface area contributed by atoms with Crippen LogP contribution in [-0.2, 0) is 14.6 Å². The second-order valence-electron chi connectivity index (χ2n) is 6.09. The van der Waals surface area contributed by atoms with Gasteiger partial charge in [-0.25, -0.2) is 8.42 Å². The smallest absolute Gasteiger partial charge is 0.240 e. The summed E-state index contributed by atoms with van der Waals surface area (Å²) in [5, 5.41) is 2.90. The highest BCUT2D eigenvalue weighted by molar-refractivity contribution is 7.90. The average molecular weight is 310 g/mol. The summed E-state index contributed by atoms with van der Waals surface area (Å²) < 4.78 is 22.8. The van der Waals surface area contributed by atoms with Crippen molar-refractivity contribution in [2.45, 2.75) is 43.2 Å². The Balaban J connectivity index is 2.06. The van der Waals surface area contributed by atoms with Crippen molar-refractivity contribution in [2.75, 3.05) is 6.26 Å². The summed E-state index contributed by atoms with van der Waals surface area (Å²) >= 11 is 0. The highest BCUT2D eigenvalue weighted by Gasteiger charge is 2.44. The predicted molar refractivity (Wildman–Crippen MR) is 81.4 cm³/mol. The molecule has 0 aliphatic heterocycles. The number of rotatable bonds is 5. The molecule has 6 heteroatoms. The molecule has 1 aliphatic rings. The van der Waals surface area contributed by atoms with Crippen LogP contribution in [0.15, 0.2) is 29.2 Å². The molecule has 0 spiro atoms. The Hall–Kier alpha value is -1.40. The van der Waals surface area contributed by atoms with Crippen LogP contribution < -0.4 is 11.1 Å². The lowest BCUT2D eigenvalue weighted by atomic mass is 9.95. The first-order valence-electron chi connectivity index (χ1n) is 7.02. The minimum absolute atomic E-state index is 0.162. The molecule has 1 fully saturated rings. The minimum Gasteiger partial charge on any atom is -0.348 e. The van der Waals surface area contributed by atoms with Crippen LogP contribution in [0.1, 0.15) is 38.3 Å². The van der Waals surface area contributed by atoms with Crippen LogP contribution in [0.3, 0.4) is 0 Å². The van der Waals surface area contributed by atoms with Gasteiger partial charge in [0.2, 0.25) is 5.91 Å². The highest BCUT2D eigenvalue weighted by atomic mass is 32.2. The molecule has 21 heavy (non-hydrogen) atoms. The molecule has 0 bridgehead atoms. The first-order chi connectivity index (χ1) is 9.62. The molecular formula is C15H22N2O3S. The largest absolute Gasteiger partial charge is 0.348 e. The highest BCUT2D eigenvalue weighted by Crippen LogP contribution is 2.38. The normalized spacial score (nSPS) is 19.6. The van der Waals surface area contributed by atoms with Crippen molar-refractivity contribution in [3.63, 3.8) is 0 Å². The van der Waals surface area contributed by atoms with Gasteiger partial charge in [0.05, 0.1) is 16.5 Å². The van der Waals surface area contributed by atoms with Crippen molar-refractivity contribution in [2.24, 2.45) is 11.7 Å². The molecule has 116 valence electrons. The van der Waals surface area contributed by atoms with Crippen LogP contribution in [-0.4, -0.2) is 26.1 Å². The van der Waals surface area contributed by atoms with Gasteiger partial charge in [-0.2, -0.15) is 0 Å². The Kier molecular flexibility index (Phi) is 4.13. The van der Waals surface area contributed by atoms with Crippen molar-refractivity contribution in [3.8, 4) is 0 Å². The number of benzene rings is 1. The molecule has 1 aromatic rings. The Morgan fingerprint density at radius 3 is 2.29 bits per heavy atom. The summed E-state index contributed by atoms with van der Waals surface area (Å²) in [4.78, 5) is 12.5. The fourth-order valence-corrected chi connectivity index (χ4v) is 2.94. The topological polar surface area (TPSA) is 89.3 Å². The lowest BCUT2D eigenvalue weighted by Crippen LogP contribution is -2.53. The van der Waals surface area contributed by atoms with Crippen LogP contribution in [0, 0.1) is 5.92 Å². The fourth-order valence-electron chi connectivity index (χ4n) is 2.31. The van der Waals surface area contributed by atoms with Gasteiger partial charge in [0, 0.05) is 6.26 Å². The van der Waals surface area contributed by atoms with Crippen molar-refractivity contribution in [3.05, 3.63) is 29.8 Å². The lowest BCUT2D eigenvalue weighted by molar-refractivity contribution is -0.127. The van der Waals surface area contributed by atoms with E-state index < -0.39 is 15.4 Å². The van der Waals surface area contributed by atoms with Gasteiger partial charge in [0.25, 0.3) is 0 Å². The molecule has 1 amide bonds. The molecule has 1 aromatic carbocycles. The van der Waals surface area contributed by atoms with E-state index in [2.05, 4.69) is 5.32 Å². The van der Waals surface area contributed by atoms with Gasteiger partial charge >= 0.3 is 0 Å². The molecule has 1 saturated carbocycles. The Morgan fingerprint density at radius 1 is 1.33 bits per heavy atom. The maximum atomic E-state index is 12.2. The second kappa shape index (κ2) is 5.42. The van der Waals surface area contributed by atoms with Crippen LogP contribution in [0.25, 0.3) is 0 Å². The van der Waals surface area contributed by atoms with E-state index in [9.17, 15) is 13.2 Å². The van der Waals surface area contributed by atoms with Gasteiger partial charge in [-0.15, -0.1) is 0 Å². The number of carbonyl (C=O) groups is 1. The number of nitrogens with two attached hydrogens (primary N) is 1. The van der Waals surface area contributed by atoms with Gasteiger partial charge in [-0.05, 0) is 50.3 Å². The van der Waals surface area contributed by atoms with Gasteiger partial charge in [0.1, 0.15) is 0 Å². The van der Waals surface area contributed by atoms with E-state index in [1.807, 2.05) is 6.92 Å². The zero-order valence-corrected chi connectivity index (χ0v) is 13.4. The van der Waals surface area contributed by atoms with E-state index in [0.29, 0.717) is 0 Å². The Labute approximate surface area is 125 Å². The molecule has 0 aromatic heterocycles. The number of nitrogens with one attached hydrogen (secondary N) is 1. The Morgan fingerprint density at radius 2 is 1.86 bits per heavy atom. The maximum absolute atomic E-state index is 12.2. The van der Waals surface area contributed by atoms with Crippen LogP contribution in [0.4, 0.5) is 0 Å². The summed E-state index contributed by atoms with van der Waals surface area (Å²) in [6, 6.07) is 6.32. The van der Waals surface area contributed by atoms with Crippen LogP contribution in [0.5, 0.6) is 0 Å². The SMILES string of the molecule is CC(NC(=O)C(C)(N)C1CC1)c1ccc(S(C)(=O)=O)cc1. The van der Waals surface area contributed by atoms with Gasteiger partial charge in [-0.3, -0.25) is 4.79 Å². The van der Waals surface area contributed by atoms with Gasteiger partial charge in [-0.1, -0.05) is 12.1 Å². The predicted octanol–water partition coefficient (Wildman–Crippen LogP) is 1.39. The maximum Gasteiger partial charge on any atom is 0.240 e. The molecule has 5 nitrogen and oxygen atoms in total. The minimum atomic E-state index is -3.20. The summed E-state index contributed by atoms with van der Waals surface area (Å²) in [5.41, 5.74) is 6.10. The third kappa shape index (κ3) is 3.63. The second-order valence-corrected chi connectivity index (χ2v) is 8.11. The number of hydrogen-bond donors (Lipinski definition) is 2. The van der Waals surface area contributed by atoms with E-state index in [4.69, 9.17) is 5.73 Å². The summed E-state index contributed by atoms with van der Waals surface area (Å²) in [7, 11) is -3.20. The summed E-state index contributed by atoms with van der Waals surface area (Å²) in [6.45, 7) is 3.62. The zero-order valence-electron chi connectivity index (χ0n) is 12.6. The van der Waals surface area contributed by atoms with Crippen molar-refractivity contribution in [1.82, 2.24) is 5.32 Å². The quantitative estimate of drug-likeness (QED) is 0.860. The van der Waals surface area contributed by atoms with Crippen molar-refractivity contribution >= 4 is 15.7 Å². The molecule has 3 N–H and O–H groups in total. The van der Waals surface area contributed by atoms with E-state index in [1.165, 1.54) is 6.26 Å². The average Bonchev–Trinajstić information content (AvgIpc) is 3.22. The molecule has 1 aliphatic carbocycles. The monoisotopic (exact) mass is 310 g/mol. The molecule has 0 radical (unpaired) electrons. The lowest BCUT2D eigenvalue weighted by Gasteiger charge is -2.26. The first kappa shape index (κ1) is 16.0. The molecule has 0 heterocycles.